The predicted octanol–water partition coefficient (Wildman–Crippen LogP) is 1.05. The molecule has 1 amide bonds. The van der Waals surface area contributed by atoms with Gasteiger partial charge < -0.3 is 11.1 Å². The highest BCUT2D eigenvalue weighted by molar-refractivity contribution is 5.75. The molecule has 0 spiro atoms. The monoisotopic (exact) mass is 259 g/mol. The van der Waals surface area contributed by atoms with Gasteiger partial charge in [-0.3, -0.25) is 4.79 Å². The molecule has 6 nitrogen and oxygen atoms in total. The highest BCUT2D eigenvalue weighted by Gasteiger charge is 2.07. The molecule has 1 heterocycles. The number of aromatic nitrogens is 3. The van der Waals surface area contributed by atoms with Gasteiger partial charge in [0.2, 0.25) is 5.91 Å². The minimum atomic E-state index is -0.0596. The van der Waals surface area contributed by atoms with Crippen LogP contribution in [0.3, 0.4) is 0 Å². The maximum atomic E-state index is 11.5. The second-order valence-electron chi connectivity index (χ2n) is 4.24. The van der Waals surface area contributed by atoms with Crippen LogP contribution in [0.5, 0.6) is 0 Å². The Morgan fingerprint density at radius 1 is 1.37 bits per heavy atom. The number of amides is 1. The topological polar surface area (TPSA) is 85.8 Å². The second kappa shape index (κ2) is 5.99. The first-order chi connectivity index (χ1) is 9.19. The number of nitrogens with two attached hydrogens (primary N) is 1. The fourth-order valence-corrected chi connectivity index (χ4v) is 1.60. The van der Waals surface area contributed by atoms with Gasteiger partial charge in [-0.15, -0.1) is 0 Å². The molecule has 1 aromatic carbocycles. The summed E-state index contributed by atoms with van der Waals surface area (Å²) in [6.45, 7) is 2.87. The van der Waals surface area contributed by atoms with Gasteiger partial charge in [-0.1, -0.05) is 6.92 Å². The Hall–Kier alpha value is -2.37. The van der Waals surface area contributed by atoms with E-state index < -0.39 is 0 Å². The first-order valence-corrected chi connectivity index (χ1v) is 6.21. The minimum absolute atomic E-state index is 0.0596. The lowest BCUT2D eigenvalue weighted by molar-refractivity contribution is -0.121. The molecule has 1 aromatic heterocycles. The molecule has 0 bridgehead atoms. The van der Waals surface area contributed by atoms with Crippen molar-refractivity contribution in [1.29, 1.82) is 0 Å². The van der Waals surface area contributed by atoms with Crippen LogP contribution in [0.25, 0.3) is 11.4 Å². The van der Waals surface area contributed by atoms with Gasteiger partial charge in [-0.05, 0) is 30.7 Å². The summed E-state index contributed by atoms with van der Waals surface area (Å²) in [6, 6.07) is 7.30. The zero-order chi connectivity index (χ0) is 13.7. The number of carbonyl (C=O) groups excluding carboxylic acids is 1. The number of carbonyl (C=O) groups is 1. The molecule has 0 unspecified atom stereocenters. The van der Waals surface area contributed by atoms with Crippen molar-refractivity contribution in [2.24, 2.45) is 0 Å². The van der Waals surface area contributed by atoms with Crippen LogP contribution >= 0.6 is 0 Å². The van der Waals surface area contributed by atoms with Crippen molar-refractivity contribution in [2.75, 3.05) is 12.3 Å². The van der Waals surface area contributed by atoms with Crippen LogP contribution < -0.4 is 11.1 Å². The third-order valence-electron chi connectivity index (χ3n) is 2.58. The lowest BCUT2D eigenvalue weighted by atomic mass is 10.2. The highest BCUT2D eigenvalue weighted by Crippen LogP contribution is 2.15. The Morgan fingerprint density at radius 3 is 2.79 bits per heavy atom. The molecule has 0 atom stereocenters. The third-order valence-corrected chi connectivity index (χ3v) is 2.58. The van der Waals surface area contributed by atoms with Crippen LogP contribution in [-0.2, 0) is 11.3 Å². The molecule has 0 fully saturated rings. The van der Waals surface area contributed by atoms with Crippen LogP contribution in [0, 0.1) is 0 Å². The number of nitrogen functional groups attached to an aromatic ring is 1. The fourth-order valence-electron chi connectivity index (χ4n) is 1.60. The molecule has 3 N–H and O–H groups in total. The maximum Gasteiger partial charge on any atom is 0.241 e. The Balaban J connectivity index is 2.02. The quantitative estimate of drug-likeness (QED) is 0.786. The molecule has 19 heavy (non-hydrogen) atoms. The summed E-state index contributed by atoms with van der Waals surface area (Å²) >= 11 is 0. The van der Waals surface area contributed by atoms with E-state index in [0.29, 0.717) is 18.1 Å². The van der Waals surface area contributed by atoms with Gasteiger partial charge in [0.1, 0.15) is 12.9 Å². The lowest BCUT2D eigenvalue weighted by Gasteiger charge is -2.02. The summed E-state index contributed by atoms with van der Waals surface area (Å²) in [6.07, 6.45) is 2.47. The van der Waals surface area contributed by atoms with Gasteiger partial charge in [0.25, 0.3) is 0 Å². The van der Waals surface area contributed by atoms with Crippen LogP contribution in [0.15, 0.2) is 30.6 Å². The van der Waals surface area contributed by atoms with Gasteiger partial charge in [0.15, 0.2) is 5.82 Å². The number of nitrogens with one attached hydrogen (secondary N) is 1. The van der Waals surface area contributed by atoms with E-state index in [4.69, 9.17) is 5.73 Å². The van der Waals surface area contributed by atoms with Gasteiger partial charge in [0.05, 0.1) is 0 Å². The SMILES string of the molecule is CCCNC(=O)Cn1cnc(-c2ccc(N)cc2)n1. The largest absolute Gasteiger partial charge is 0.399 e. The van der Waals surface area contributed by atoms with Gasteiger partial charge in [-0.25, -0.2) is 9.67 Å². The lowest BCUT2D eigenvalue weighted by Crippen LogP contribution is -2.28. The van der Waals surface area contributed by atoms with E-state index in [0.717, 1.165) is 12.0 Å². The highest BCUT2D eigenvalue weighted by atomic mass is 16.2. The molecule has 0 aliphatic rings. The summed E-state index contributed by atoms with van der Waals surface area (Å²) in [7, 11) is 0. The van der Waals surface area contributed by atoms with E-state index in [9.17, 15) is 4.79 Å². The second-order valence-corrected chi connectivity index (χ2v) is 4.24. The van der Waals surface area contributed by atoms with E-state index in [2.05, 4.69) is 15.4 Å². The van der Waals surface area contributed by atoms with Crippen molar-refractivity contribution < 1.29 is 4.79 Å². The summed E-state index contributed by atoms with van der Waals surface area (Å²) in [5.74, 6) is 0.527. The molecule has 100 valence electrons. The molecule has 0 aliphatic carbocycles. The smallest absolute Gasteiger partial charge is 0.241 e. The Bertz CT molecular complexity index is 546. The summed E-state index contributed by atoms with van der Waals surface area (Å²) in [5.41, 5.74) is 7.20. The van der Waals surface area contributed by atoms with Crippen molar-refractivity contribution in [3.63, 3.8) is 0 Å². The van der Waals surface area contributed by atoms with Crippen molar-refractivity contribution in [3.05, 3.63) is 30.6 Å². The van der Waals surface area contributed by atoms with Gasteiger partial charge >= 0.3 is 0 Å². The van der Waals surface area contributed by atoms with Crippen molar-refractivity contribution in [3.8, 4) is 11.4 Å². The van der Waals surface area contributed by atoms with Crippen LogP contribution in [0.4, 0.5) is 5.69 Å². The van der Waals surface area contributed by atoms with Gasteiger partial charge in [0, 0.05) is 17.8 Å². The molecule has 0 aliphatic heterocycles. The number of benzene rings is 1. The average Bonchev–Trinajstić information content (AvgIpc) is 2.85. The molecular formula is C13H17N5O. The molecular weight excluding hydrogens is 242 g/mol. The standard InChI is InChI=1S/C13H17N5O/c1-2-7-15-12(19)8-18-9-16-13(17-18)10-3-5-11(14)6-4-10/h3-6,9H,2,7-8,14H2,1H3,(H,15,19). The summed E-state index contributed by atoms with van der Waals surface area (Å²) in [5, 5.41) is 7.06. The molecule has 0 radical (unpaired) electrons. The summed E-state index contributed by atoms with van der Waals surface area (Å²) < 4.78 is 1.52. The Kier molecular flexibility index (Phi) is 4.12. The van der Waals surface area contributed by atoms with Crippen LogP contribution in [0.1, 0.15) is 13.3 Å². The average molecular weight is 259 g/mol. The number of nitrogens with zero attached hydrogens (tertiary/aromatic N) is 3. The zero-order valence-electron chi connectivity index (χ0n) is 10.8. The molecule has 6 heteroatoms. The van der Waals surface area contributed by atoms with E-state index in [-0.39, 0.29) is 12.5 Å². The number of rotatable bonds is 5. The van der Waals surface area contributed by atoms with Crippen LogP contribution in [-0.4, -0.2) is 27.2 Å². The zero-order valence-corrected chi connectivity index (χ0v) is 10.8. The fraction of sp³-hybridized carbons (Fsp3) is 0.308. The normalized spacial score (nSPS) is 10.4. The number of hydrogen-bond acceptors (Lipinski definition) is 4. The first-order valence-electron chi connectivity index (χ1n) is 6.21. The molecule has 2 aromatic rings. The van der Waals surface area contributed by atoms with Crippen molar-refractivity contribution >= 4 is 11.6 Å². The van der Waals surface area contributed by atoms with Gasteiger partial charge in [-0.2, -0.15) is 5.10 Å². The number of anilines is 1. The maximum absolute atomic E-state index is 11.5. The Labute approximate surface area is 111 Å². The van der Waals surface area contributed by atoms with E-state index >= 15 is 0 Å². The summed E-state index contributed by atoms with van der Waals surface area (Å²) in [4.78, 5) is 15.7. The van der Waals surface area contributed by atoms with E-state index in [1.165, 1.54) is 4.68 Å². The van der Waals surface area contributed by atoms with Crippen LogP contribution in [0.2, 0.25) is 0 Å². The van der Waals surface area contributed by atoms with E-state index in [1.54, 1.807) is 18.5 Å². The van der Waals surface area contributed by atoms with Crippen molar-refractivity contribution in [1.82, 2.24) is 20.1 Å². The minimum Gasteiger partial charge on any atom is -0.399 e. The molecule has 2 rings (SSSR count). The predicted molar refractivity (Wildman–Crippen MR) is 73.2 cm³/mol. The Morgan fingerprint density at radius 2 is 2.11 bits per heavy atom. The first kappa shape index (κ1) is 13.1. The van der Waals surface area contributed by atoms with Crippen molar-refractivity contribution in [2.45, 2.75) is 19.9 Å². The van der Waals surface area contributed by atoms with E-state index in [1.807, 2.05) is 19.1 Å². The molecule has 0 saturated carbocycles. The number of hydrogen-bond donors (Lipinski definition) is 2. The third kappa shape index (κ3) is 3.54. The molecule has 0 saturated heterocycles.